The molecule has 0 saturated heterocycles. The number of hydrogen-bond donors (Lipinski definition) is 2. The molecule has 1 aliphatic rings. The highest BCUT2D eigenvalue weighted by Gasteiger charge is 2.32. The van der Waals surface area contributed by atoms with Gasteiger partial charge >= 0.3 is 0 Å². The third-order valence-corrected chi connectivity index (χ3v) is 4.96. The van der Waals surface area contributed by atoms with E-state index in [1.54, 1.807) is 6.20 Å². The number of anilines is 1. The Hall–Kier alpha value is -1.85. The molecule has 1 fully saturated rings. The highest BCUT2D eigenvalue weighted by Crippen LogP contribution is 2.38. The molecule has 0 bridgehead atoms. The molecule has 3 rings (SSSR count). The summed E-state index contributed by atoms with van der Waals surface area (Å²) in [6.07, 6.45) is 7.93. The standard InChI is InChI=1S/C19H25N3O2.ClH/c1-14-21-12-17(24-14)15-5-7-16(8-6-15)22-18(23)11-19(13-20)9-3-2-4-10-19;/h5-8,12H,2-4,9-11,13,20H2,1H3,(H,22,23);1H. The summed E-state index contributed by atoms with van der Waals surface area (Å²) >= 11 is 0. The third-order valence-electron chi connectivity index (χ3n) is 4.96. The second-order valence-corrected chi connectivity index (χ2v) is 6.81. The molecule has 0 radical (unpaired) electrons. The lowest BCUT2D eigenvalue weighted by Gasteiger charge is -2.35. The molecular formula is C19H26ClN3O2. The summed E-state index contributed by atoms with van der Waals surface area (Å²) in [6, 6.07) is 7.63. The number of amides is 1. The molecule has 5 nitrogen and oxygen atoms in total. The molecule has 25 heavy (non-hydrogen) atoms. The van der Waals surface area contributed by atoms with Crippen molar-refractivity contribution < 1.29 is 9.21 Å². The Morgan fingerprint density at radius 1 is 1.24 bits per heavy atom. The number of nitrogens with zero attached hydrogens (tertiary/aromatic N) is 1. The summed E-state index contributed by atoms with van der Waals surface area (Å²) in [5, 5.41) is 2.99. The zero-order chi connectivity index (χ0) is 17.0. The lowest BCUT2D eigenvalue weighted by molar-refractivity contribution is -0.118. The maximum atomic E-state index is 12.4. The second kappa shape index (κ2) is 8.50. The average molecular weight is 364 g/mol. The minimum absolute atomic E-state index is 0. The number of rotatable bonds is 5. The molecule has 1 saturated carbocycles. The maximum absolute atomic E-state index is 12.4. The van der Waals surface area contributed by atoms with Crippen LogP contribution in [-0.4, -0.2) is 17.4 Å². The average Bonchev–Trinajstić information content (AvgIpc) is 3.03. The number of nitrogens with two attached hydrogens (primary N) is 1. The van der Waals surface area contributed by atoms with E-state index in [2.05, 4.69) is 10.3 Å². The van der Waals surface area contributed by atoms with Crippen molar-refractivity contribution >= 4 is 24.0 Å². The van der Waals surface area contributed by atoms with Crippen LogP contribution in [0.5, 0.6) is 0 Å². The van der Waals surface area contributed by atoms with Crippen molar-refractivity contribution in [3.8, 4) is 11.3 Å². The first-order valence-electron chi connectivity index (χ1n) is 8.63. The monoisotopic (exact) mass is 363 g/mol. The van der Waals surface area contributed by atoms with Crippen molar-refractivity contribution in [3.63, 3.8) is 0 Å². The van der Waals surface area contributed by atoms with Crippen molar-refractivity contribution in [2.24, 2.45) is 11.1 Å². The first kappa shape index (κ1) is 19.5. The van der Waals surface area contributed by atoms with Gasteiger partial charge in [0.1, 0.15) is 0 Å². The molecule has 6 heteroatoms. The van der Waals surface area contributed by atoms with Crippen LogP contribution in [0.25, 0.3) is 11.3 Å². The highest BCUT2D eigenvalue weighted by molar-refractivity contribution is 5.91. The van der Waals surface area contributed by atoms with Crippen LogP contribution >= 0.6 is 12.4 Å². The van der Waals surface area contributed by atoms with Gasteiger partial charge in [0.2, 0.25) is 5.91 Å². The van der Waals surface area contributed by atoms with Crippen LogP contribution in [-0.2, 0) is 4.79 Å². The molecule has 3 N–H and O–H groups in total. The predicted octanol–water partition coefficient (Wildman–Crippen LogP) is 4.31. The van der Waals surface area contributed by atoms with E-state index in [0.717, 1.165) is 29.9 Å². The molecule has 1 aromatic carbocycles. The van der Waals surface area contributed by atoms with Crippen LogP contribution in [0.4, 0.5) is 5.69 Å². The summed E-state index contributed by atoms with van der Waals surface area (Å²) < 4.78 is 5.51. The Labute approximate surface area is 154 Å². The summed E-state index contributed by atoms with van der Waals surface area (Å²) in [4.78, 5) is 16.5. The lowest BCUT2D eigenvalue weighted by Crippen LogP contribution is -2.36. The van der Waals surface area contributed by atoms with Gasteiger partial charge in [0, 0.05) is 24.6 Å². The zero-order valence-electron chi connectivity index (χ0n) is 14.6. The molecule has 0 spiro atoms. The van der Waals surface area contributed by atoms with Gasteiger partial charge in [-0.05, 0) is 49.1 Å². The van der Waals surface area contributed by atoms with E-state index in [4.69, 9.17) is 10.2 Å². The zero-order valence-corrected chi connectivity index (χ0v) is 15.4. The quantitative estimate of drug-likeness (QED) is 0.829. The Kier molecular flexibility index (Phi) is 6.62. The number of aromatic nitrogens is 1. The Morgan fingerprint density at radius 3 is 2.48 bits per heavy atom. The van der Waals surface area contributed by atoms with Crippen molar-refractivity contribution in [3.05, 3.63) is 36.4 Å². The van der Waals surface area contributed by atoms with E-state index in [-0.39, 0.29) is 23.7 Å². The van der Waals surface area contributed by atoms with E-state index < -0.39 is 0 Å². The molecule has 1 amide bonds. The van der Waals surface area contributed by atoms with Crippen molar-refractivity contribution in [1.29, 1.82) is 0 Å². The number of carbonyl (C=O) groups excluding carboxylic acids is 1. The number of hydrogen-bond acceptors (Lipinski definition) is 4. The molecule has 1 aliphatic carbocycles. The second-order valence-electron chi connectivity index (χ2n) is 6.81. The fraction of sp³-hybridized carbons (Fsp3) is 0.474. The first-order chi connectivity index (χ1) is 11.6. The van der Waals surface area contributed by atoms with Gasteiger partial charge in [0.25, 0.3) is 0 Å². The largest absolute Gasteiger partial charge is 0.441 e. The van der Waals surface area contributed by atoms with E-state index in [0.29, 0.717) is 18.9 Å². The molecule has 0 unspecified atom stereocenters. The SMILES string of the molecule is Cc1ncc(-c2ccc(NC(=O)CC3(CN)CCCCC3)cc2)o1.Cl. The molecular weight excluding hydrogens is 338 g/mol. The Morgan fingerprint density at radius 2 is 1.92 bits per heavy atom. The van der Waals surface area contributed by atoms with Crippen LogP contribution in [0, 0.1) is 12.3 Å². The molecule has 1 heterocycles. The van der Waals surface area contributed by atoms with Crippen molar-refractivity contribution in [1.82, 2.24) is 4.98 Å². The van der Waals surface area contributed by atoms with E-state index in [1.165, 1.54) is 19.3 Å². The van der Waals surface area contributed by atoms with Gasteiger partial charge in [0.15, 0.2) is 11.7 Å². The van der Waals surface area contributed by atoms with Crippen LogP contribution in [0.1, 0.15) is 44.4 Å². The minimum atomic E-state index is -0.0142. The van der Waals surface area contributed by atoms with Crippen LogP contribution in [0.3, 0.4) is 0 Å². The minimum Gasteiger partial charge on any atom is -0.441 e. The molecule has 136 valence electrons. The lowest BCUT2D eigenvalue weighted by atomic mass is 9.71. The van der Waals surface area contributed by atoms with E-state index >= 15 is 0 Å². The number of halogens is 1. The summed E-state index contributed by atoms with van der Waals surface area (Å²) in [7, 11) is 0. The maximum Gasteiger partial charge on any atom is 0.224 e. The Bertz CT molecular complexity index is 691. The normalized spacial score (nSPS) is 16.1. The molecule has 0 aliphatic heterocycles. The van der Waals surface area contributed by atoms with Gasteiger partial charge in [-0.2, -0.15) is 0 Å². The fourth-order valence-electron chi connectivity index (χ4n) is 3.51. The van der Waals surface area contributed by atoms with Gasteiger partial charge in [-0.25, -0.2) is 4.98 Å². The summed E-state index contributed by atoms with van der Waals surface area (Å²) in [6.45, 7) is 2.40. The van der Waals surface area contributed by atoms with Gasteiger partial charge in [-0.15, -0.1) is 12.4 Å². The smallest absolute Gasteiger partial charge is 0.224 e. The van der Waals surface area contributed by atoms with Gasteiger partial charge in [-0.3, -0.25) is 4.79 Å². The third kappa shape index (κ3) is 4.83. The van der Waals surface area contributed by atoms with Gasteiger partial charge in [-0.1, -0.05) is 19.3 Å². The molecule has 1 aromatic heterocycles. The number of benzene rings is 1. The Balaban J connectivity index is 0.00000225. The summed E-state index contributed by atoms with van der Waals surface area (Å²) in [5.41, 5.74) is 7.69. The number of aryl methyl sites for hydroxylation is 1. The topological polar surface area (TPSA) is 81.2 Å². The predicted molar refractivity (Wildman–Crippen MR) is 102 cm³/mol. The van der Waals surface area contributed by atoms with Crippen LogP contribution in [0.2, 0.25) is 0 Å². The number of nitrogens with one attached hydrogen (secondary N) is 1. The number of carbonyl (C=O) groups is 1. The van der Waals surface area contributed by atoms with Gasteiger partial charge in [0.05, 0.1) is 6.20 Å². The van der Waals surface area contributed by atoms with Crippen LogP contribution in [0.15, 0.2) is 34.9 Å². The van der Waals surface area contributed by atoms with Crippen molar-refractivity contribution in [2.45, 2.75) is 45.4 Å². The van der Waals surface area contributed by atoms with E-state index in [9.17, 15) is 4.79 Å². The summed E-state index contributed by atoms with van der Waals surface area (Å²) in [5.74, 6) is 1.42. The number of oxazole rings is 1. The van der Waals surface area contributed by atoms with Crippen LogP contribution < -0.4 is 11.1 Å². The molecule has 0 atom stereocenters. The van der Waals surface area contributed by atoms with E-state index in [1.807, 2.05) is 31.2 Å². The van der Waals surface area contributed by atoms with Gasteiger partial charge < -0.3 is 15.5 Å². The van der Waals surface area contributed by atoms with Crippen molar-refractivity contribution in [2.75, 3.05) is 11.9 Å². The first-order valence-corrected chi connectivity index (χ1v) is 8.63. The fourth-order valence-corrected chi connectivity index (χ4v) is 3.51. The molecule has 2 aromatic rings. The highest BCUT2D eigenvalue weighted by atomic mass is 35.5.